The van der Waals surface area contributed by atoms with Crippen molar-refractivity contribution in [2.75, 3.05) is 20.2 Å². The third kappa shape index (κ3) is 2.96. The van der Waals surface area contributed by atoms with Gasteiger partial charge in [-0.2, -0.15) is 0 Å². The van der Waals surface area contributed by atoms with Gasteiger partial charge in [-0.15, -0.1) is 0 Å². The van der Waals surface area contributed by atoms with Crippen molar-refractivity contribution in [3.05, 3.63) is 35.4 Å². The van der Waals surface area contributed by atoms with E-state index in [0.29, 0.717) is 6.54 Å². The van der Waals surface area contributed by atoms with Crippen LogP contribution in [0, 0.1) is 6.92 Å². The number of aryl methyl sites for hydroxylation is 1. The van der Waals surface area contributed by atoms with Gasteiger partial charge in [-0.3, -0.25) is 0 Å². The van der Waals surface area contributed by atoms with Crippen molar-refractivity contribution >= 4 is 6.03 Å². The van der Waals surface area contributed by atoms with Crippen LogP contribution in [-0.2, 0) is 5.41 Å². The molecule has 20 heavy (non-hydrogen) atoms. The van der Waals surface area contributed by atoms with Crippen molar-refractivity contribution in [1.82, 2.24) is 10.2 Å². The number of carbonyl (C=O) groups is 1. The Kier molecular flexibility index (Phi) is 4.33. The first-order valence-corrected chi connectivity index (χ1v) is 7.18. The van der Waals surface area contributed by atoms with E-state index in [9.17, 15) is 4.79 Å². The SMILES string of the molecule is Cc1ccccc1C1(CNC(=O)N(C)C(C)CO)CC1. The first-order chi connectivity index (χ1) is 9.50. The Morgan fingerprint density at radius 2 is 2.10 bits per heavy atom. The van der Waals surface area contributed by atoms with Gasteiger partial charge in [0, 0.05) is 19.0 Å². The number of hydrogen-bond donors (Lipinski definition) is 2. The quantitative estimate of drug-likeness (QED) is 0.865. The molecule has 1 aliphatic rings. The number of aliphatic hydroxyl groups is 1. The molecule has 0 aliphatic heterocycles. The molecule has 0 aromatic heterocycles. The molecule has 2 amide bonds. The third-order valence-electron chi connectivity index (χ3n) is 4.39. The molecule has 4 nitrogen and oxygen atoms in total. The second-order valence-corrected chi connectivity index (χ2v) is 5.90. The van der Waals surface area contributed by atoms with Gasteiger partial charge in [0.05, 0.1) is 12.6 Å². The lowest BCUT2D eigenvalue weighted by Crippen LogP contribution is -2.46. The number of nitrogens with one attached hydrogen (secondary N) is 1. The maximum Gasteiger partial charge on any atom is 0.317 e. The fourth-order valence-corrected chi connectivity index (χ4v) is 2.55. The summed E-state index contributed by atoms with van der Waals surface area (Å²) < 4.78 is 0. The van der Waals surface area contributed by atoms with Crippen LogP contribution in [0.15, 0.2) is 24.3 Å². The van der Waals surface area contributed by atoms with E-state index in [1.165, 1.54) is 11.1 Å². The molecule has 1 aromatic rings. The van der Waals surface area contributed by atoms with Crippen molar-refractivity contribution in [3.63, 3.8) is 0 Å². The Labute approximate surface area is 120 Å². The minimum atomic E-state index is -0.163. The molecule has 1 aromatic carbocycles. The molecule has 4 heteroatoms. The number of likely N-dealkylation sites (N-methyl/N-ethyl adjacent to an activating group) is 1. The molecule has 1 fully saturated rings. The number of rotatable bonds is 5. The minimum absolute atomic E-state index is 0.0210. The first kappa shape index (κ1) is 14.9. The van der Waals surface area contributed by atoms with Crippen LogP contribution in [0.3, 0.4) is 0 Å². The van der Waals surface area contributed by atoms with Crippen molar-refractivity contribution in [3.8, 4) is 0 Å². The highest BCUT2D eigenvalue weighted by atomic mass is 16.3. The molecule has 0 radical (unpaired) electrons. The zero-order chi connectivity index (χ0) is 14.8. The summed E-state index contributed by atoms with van der Waals surface area (Å²) in [7, 11) is 1.71. The lowest BCUT2D eigenvalue weighted by molar-refractivity contribution is 0.157. The van der Waals surface area contributed by atoms with Gasteiger partial charge in [0.15, 0.2) is 0 Å². The molecule has 0 bridgehead atoms. The first-order valence-electron chi connectivity index (χ1n) is 7.18. The maximum atomic E-state index is 12.0. The van der Waals surface area contributed by atoms with E-state index < -0.39 is 0 Å². The summed E-state index contributed by atoms with van der Waals surface area (Å²) in [6.45, 7) is 4.59. The van der Waals surface area contributed by atoms with Gasteiger partial charge >= 0.3 is 6.03 Å². The Balaban J connectivity index is 1.98. The van der Waals surface area contributed by atoms with Crippen LogP contribution in [0.25, 0.3) is 0 Å². The Morgan fingerprint density at radius 3 is 2.65 bits per heavy atom. The normalized spacial score (nSPS) is 17.4. The predicted octanol–water partition coefficient (Wildman–Crippen LogP) is 2.05. The topological polar surface area (TPSA) is 52.6 Å². The zero-order valence-corrected chi connectivity index (χ0v) is 12.5. The minimum Gasteiger partial charge on any atom is -0.394 e. The lowest BCUT2D eigenvalue weighted by atomic mass is 9.92. The number of carbonyl (C=O) groups excluding carboxylic acids is 1. The summed E-state index contributed by atoms with van der Waals surface area (Å²) in [5, 5.41) is 12.1. The van der Waals surface area contributed by atoms with Crippen LogP contribution in [0.1, 0.15) is 30.9 Å². The molecular weight excluding hydrogens is 252 g/mol. The van der Waals surface area contributed by atoms with Gasteiger partial charge in [0.2, 0.25) is 0 Å². The summed E-state index contributed by atoms with van der Waals surface area (Å²) in [6.07, 6.45) is 2.24. The highest BCUT2D eigenvalue weighted by Gasteiger charge is 2.45. The van der Waals surface area contributed by atoms with Gasteiger partial charge in [-0.05, 0) is 37.8 Å². The van der Waals surface area contributed by atoms with E-state index in [1.807, 2.05) is 13.0 Å². The standard InChI is InChI=1S/C16H24N2O2/c1-12-6-4-5-7-14(12)16(8-9-16)11-17-15(20)18(3)13(2)10-19/h4-7,13,19H,8-11H2,1-3H3,(H,17,20). The molecule has 2 rings (SSSR count). The zero-order valence-electron chi connectivity index (χ0n) is 12.5. The molecule has 0 spiro atoms. The molecule has 2 N–H and O–H groups in total. The van der Waals surface area contributed by atoms with Crippen LogP contribution in [0.5, 0.6) is 0 Å². The van der Waals surface area contributed by atoms with Crippen LogP contribution < -0.4 is 5.32 Å². The van der Waals surface area contributed by atoms with E-state index >= 15 is 0 Å². The van der Waals surface area contributed by atoms with Gasteiger partial charge in [0.25, 0.3) is 0 Å². The number of hydrogen-bond acceptors (Lipinski definition) is 2. The third-order valence-corrected chi connectivity index (χ3v) is 4.39. The fraction of sp³-hybridized carbons (Fsp3) is 0.562. The van der Waals surface area contributed by atoms with Crippen molar-refractivity contribution in [2.24, 2.45) is 0 Å². The van der Waals surface area contributed by atoms with Crippen molar-refractivity contribution < 1.29 is 9.90 Å². The molecule has 1 atom stereocenters. The largest absolute Gasteiger partial charge is 0.394 e. The average molecular weight is 276 g/mol. The van der Waals surface area contributed by atoms with E-state index in [2.05, 4.69) is 30.4 Å². The van der Waals surface area contributed by atoms with E-state index in [-0.39, 0.29) is 24.1 Å². The Bertz CT molecular complexity index is 483. The van der Waals surface area contributed by atoms with Crippen LogP contribution in [0.4, 0.5) is 4.79 Å². The molecule has 0 heterocycles. The molecule has 1 unspecified atom stereocenters. The predicted molar refractivity (Wildman–Crippen MR) is 79.8 cm³/mol. The summed E-state index contributed by atoms with van der Waals surface area (Å²) >= 11 is 0. The Morgan fingerprint density at radius 1 is 1.45 bits per heavy atom. The Hall–Kier alpha value is -1.55. The van der Waals surface area contributed by atoms with E-state index in [4.69, 9.17) is 5.11 Å². The molecular formula is C16H24N2O2. The average Bonchev–Trinajstić information content (AvgIpc) is 3.24. The maximum absolute atomic E-state index is 12.0. The second-order valence-electron chi connectivity index (χ2n) is 5.90. The number of urea groups is 1. The summed E-state index contributed by atoms with van der Waals surface area (Å²) in [6, 6.07) is 8.11. The van der Waals surface area contributed by atoms with E-state index in [1.54, 1.807) is 11.9 Å². The molecule has 1 aliphatic carbocycles. The fourth-order valence-electron chi connectivity index (χ4n) is 2.55. The van der Waals surface area contributed by atoms with Gasteiger partial charge in [-0.25, -0.2) is 4.79 Å². The van der Waals surface area contributed by atoms with Crippen LogP contribution in [0.2, 0.25) is 0 Å². The van der Waals surface area contributed by atoms with Gasteiger partial charge in [0.1, 0.15) is 0 Å². The summed E-state index contributed by atoms with van der Waals surface area (Å²) in [5.41, 5.74) is 2.75. The van der Waals surface area contributed by atoms with Gasteiger partial charge in [-0.1, -0.05) is 24.3 Å². The number of nitrogens with zero attached hydrogens (tertiary/aromatic N) is 1. The highest BCUT2D eigenvalue weighted by Crippen LogP contribution is 2.48. The smallest absolute Gasteiger partial charge is 0.317 e. The summed E-state index contributed by atoms with van der Waals surface area (Å²) in [5.74, 6) is 0. The monoisotopic (exact) mass is 276 g/mol. The van der Waals surface area contributed by atoms with Crippen molar-refractivity contribution in [2.45, 2.75) is 38.1 Å². The van der Waals surface area contributed by atoms with Crippen LogP contribution >= 0.6 is 0 Å². The van der Waals surface area contributed by atoms with Crippen molar-refractivity contribution in [1.29, 1.82) is 0 Å². The van der Waals surface area contributed by atoms with Crippen LogP contribution in [-0.4, -0.2) is 42.3 Å². The number of aliphatic hydroxyl groups excluding tert-OH is 1. The van der Waals surface area contributed by atoms with Gasteiger partial charge < -0.3 is 15.3 Å². The summed E-state index contributed by atoms with van der Waals surface area (Å²) in [4.78, 5) is 13.6. The molecule has 0 saturated heterocycles. The lowest BCUT2D eigenvalue weighted by Gasteiger charge is -2.25. The molecule has 110 valence electrons. The van der Waals surface area contributed by atoms with E-state index in [0.717, 1.165) is 12.8 Å². The second kappa shape index (κ2) is 5.83. The molecule has 1 saturated carbocycles. The highest BCUT2D eigenvalue weighted by molar-refractivity contribution is 5.74. The number of amides is 2. The number of benzene rings is 1.